The van der Waals surface area contributed by atoms with Crippen LogP contribution in [-0.2, 0) is 0 Å². The van der Waals surface area contributed by atoms with Crippen LogP contribution >= 0.6 is 0 Å². The van der Waals surface area contributed by atoms with Crippen LogP contribution in [0.5, 0.6) is 11.5 Å². The van der Waals surface area contributed by atoms with E-state index in [0.717, 1.165) is 26.8 Å². The second-order valence-electron chi connectivity index (χ2n) is 12.0. The fraction of sp³-hybridized carbons (Fsp3) is 0.0952. The molecule has 0 saturated carbocycles. The van der Waals surface area contributed by atoms with Gasteiger partial charge < -0.3 is 8.85 Å². The Hall–Kier alpha value is -5.31. The fourth-order valence-corrected chi connectivity index (χ4v) is 14.1. The summed E-state index contributed by atoms with van der Waals surface area (Å²) in [7, 11) is -6.02. The minimum absolute atomic E-state index is 0.190. The lowest BCUT2D eigenvalue weighted by Crippen LogP contribution is -2.64. The first-order chi connectivity index (χ1) is 23.5. The van der Waals surface area contributed by atoms with Crippen LogP contribution in [0, 0.1) is 0 Å². The lowest BCUT2D eigenvalue weighted by molar-refractivity contribution is 0.0977. The Morgan fingerprint density at radius 2 is 0.792 bits per heavy atom. The molecular formula is C42H36O4Si2. The predicted molar refractivity (Wildman–Crippen MR) is 198 cm³/mol. The Labute approximate surface area is 283 Å². The van der Waals surface area contributed by atoms with Gasteiger partial charge in [-0.1, -0.05) is 159 Å². The highest BCUT2D eigenvalue weighted by Crippen LogP contribution is 2.42. The van der Waals surface area contributed by atoms with Crippen LogP contribution in [0.15, 0.2) is 158 Å². The summed E-state index contributed by atoms with van der Waals surface area (Å²) in [4.78, 5) is 28.6. The third kappa shape index (κ3) is 5.23. The monoisotopic (exact) mass is 660 g/mol. The molecule has 0 aliphatic heterocycles. The molecule has 0 radical (unpaired) electrons. The molecule has 4 nitrogen and oxygen atoms in total. The molecule has 1 aliphatic rings. The van der Waals surface area contributed by atoms with Crippen LogP contribution in [0.25, 0.3) is 0 Å². The van der Waals surface area contributed by atoms with Gasteiger partial charge in [-0.3, -0.25) is 9.59 Å². The Kier molecular flexibility index (Phi) is 8.52. The smallest absolute Gasteiger partial charge is 0.314 e. The normalized spacial score (nSPS) is 12.6. The molecule has 0 bridgehead atoms. The van der Waals surface area contributed by atoms with Crippen LogP contribution in [-0.4, -0.2) is 28.2 Å². The molecule has 48 heavy (non-hydrogen) atoms. The molecule has 6 aromatic carbocycles. The number of hydrogen-bond donors (Lipinski definition) is 0. The molecule has 6 aromatic rings. The zero-order valence-electron chi connectivity index (χ0n) is 27.1. The number of carbonyl (C=O) groups excluding carboxylic acids is 2. The molecule has 0 saturated heterocycles. The van der Waals surface area contributed by atoms with Crippen LogP contribution in [0.3, 0.4) is 0 Å². The van der Waals surface area contributed by atoms with E-state index in [1.165, 1.54) is 0 Å². The standard InChI is InChI=1S/C42H36O4Si2/c1-3-47(31-19-9-5-10-20-31,32-21-11-6-12-22-32)45-38-30-29-37-39(41(44)36-28-18-17-27-35(36)40(37)43)42(38)46-48(4-2,33-23-13-7-14-24-33)34-25-15-8-16-26-34/h5-30H,3-4H2,1-2H3. The van der Waals surface area contributed by atoms with Crippen LogP contribution in [0.2, 0.25) is 12.1 Å². The first-order valence-corrected chi connectivity index (χ1v) is 20.7. The van der Waals surface area contributed by atoms with Gasteiger partial charge in [-0.05, 0) is 45.0 Å². The molecule has 0 fully saturated rings. The molecule has 0 aromatic heterocycles. The third-order valence-corrected chi connectivity index (χ3v) is 17.7. The molecular weight excluding hydrogens is 625 g/mol. The Morgan fingerprint density at radius 1 is 0.417 bits per heavy atom. The van der Waals surface area contributed by atoms with Crippen molar-refractivity contribution in [1.29, 1.82) is 0 Å². The Balaban J connectivity index is 1.52. The Morgan fingerprint density at radius 3 is 1.21 bits per heavy atom. The van der Waals surface area contributed by atoms with E-state index in [2.05, 4.69) is 62.4 Å². The van der Waals surface area contributed by atoms with Crippen molar-refractivity contribution in [1.82, 2.24) is 0 Å². The lowest BCUT2D eigenvalue weighted by Gasteiger charge is -2.37. The quantitative estimate of drug-likeness (QED) is 0.152. The van der Waals surface area contributed by atoms with E-state index >= 15 is 0 Å². The van der Waals surface area contributed by atoms with Gasteiger partial charge in [-0.25, -0.2) is 0 Å². The molecule has 0 spiro atoms. The van der Waals surface area contributed by atoms with Crippen molar-refractivity contribution in [2.75, 3.05) is 0 Å². The summed E-state index contributed by atoms with van der Waals surface area (Å²) in [6.45, 7) is 4.30. The van der Waals surface area contributed by atoms with E-state index in [9.17, 15) is 9.59 Å². The number of benzene rings is 6. The van der Waals surface area contributed by atoms with Crippen LogP contribution in [0.1, 0.15) is 45.7 Å². The van der Waals surface area contributed by atoms with Crippen molar-refractivity contribution in [3.63, 3.8) is 0 Å². The highest BCUT2D eigenvalue weighted by Gasteiger charge is 2.46. The van der Waals surface area contributed by atoms with Gasteiger partial charge in [0.2, 0.25) is 0 Å². The minimum Gasteiger partial charge on any atom is -0.532 e. The maximum absolute atomic E-state index is 14.6. The predicted octanol–water partition coefficient (Wildman–Crippen LogP) is 6.78. The summed E-state index contributed by atoms with van der Waals surface area (Å²) in [6, 6.07) is 53.4. The van der Waals surface area contributed by atoms with Crippen molar-refractivity contribution < 1.29 is 18.4 Å². The summed E-state index contributed by atoms with van der Waals surface area (Å²) < 4.78 is 14.9. The van der Waals surface area contributed by atoms with Gasteiger partial charge >= 0.3 is 16.6 Å². The highest BCUT2D eigenvalue weighted by molar-refractivity contribution is 6.98. The van der Waals surface area contributed by atoms with Gasteiger partial charge in [0.1, 0.15) is 5.75 Å². The highest BCUT2D eigenvalue weighted by atomic mass is 28.4. The lowest BCUT2D eigenvalue weighted by atomic mass is 9.83. The van der Waals surface area contributed by atoms with Crippen molar-refractivity contribution in [2.24, 2.45) is 0 Å². The molecule has 1 aliphatic carbocycles. The van der Waals surface area contributed by atoms with Gasteiger partial charge in [-0.2, -0.15) is 0 Å². The third-order valence-electron chi connectivity index (χ3n) is 9.53. The van der Waals surface area contributed by atoms with Gasteiger partial charge in [0, 0.05) is 16.7 Å². The van der Waals surface area contributed by atoms with Gasteiger partial charge in [0.25, 0.3) is 0 Å². The zero-order chi connectivity index (χ0) is 33.1. The van der Waals surface area contributed by atoms with E-state index in [1.807, 2.05) is 78.9 Å². The second kappa shape index (κ2) is 13.1. The number of hydrogen-bond acceptors (Lipinski definition) is 4. The van der Waals surface area contributed by atoms with Crippen LogP contribution < -0.4 is 29.6 Å². The van der Waals surface area contributed by atoms with Crippen molar-refractivity contribution >= 4 is 48.9 Å². The molecule has 0 unspecified atom stereocenters. The maximum Gasteiger partial charge on any atom is 0.314 e. The van der Waals surface area contributed by atoms with Crippen molar-refractivity contribution in [2.45, 2.75) is 25.9 Å². The first-order valence-electron chi connectivity index (χ1n) is 16.5. The largest absolute Gasteiger partial charge is 0.532 e. The van der Waals surface area contributed by atoms with Gasteiger partial charge in [0.15, 0.2) is 17.3 Å². The molecule has 6 heteroatoms. The van der Waals surface area contributed by atoms with Crippen molar-refractivity contribution in [3.05, 3.63) is 180 Å². The molecule has 7 rings (SSSR count). The molecule has 236 valence electrons. The van der Waals surface area contributed by atoms with E-state index in [-0.39, 0.29) is 17.1 Å². The van der Waals surface area contributed by atoms with Gasteiger partial charge in [-0.15, -0.1) is 0 Å². The zero-order valence-corrected chi connectivity index (χ0v) is 29.1. The van der Waals surface area contributed by atoms with Crippen LogP contribution in [0.4, 0.5) is 0 Å². The summed E-state index contributed by atoms with van der Waals surface area (Å²) in [5.41, 5.74) is 1.40. The SMILES string of the molecule is CC[Si](Oc1ccc2c(c1O[Si](CC)(c1ccccc1)c1ccccc1)C(=O)c1ccccc1C2=O)(c1ccccc1)c1ccccc1. The number of fused-ring (bicyclic) bond motifs is 2. The number of carbonyl (C=O) groups is 2. The molecule has 0 amide bonds. The maximum atomic E-state index is 14.6. The first kappa shape index (κ1) is 31.3. The second-order valence-corrected chi connectivity index (χ2v) is 19.5. The van der Waals surface area contributed by atoms with E-state index in [1.54, 1.807) is 30.3 Å². The average Bonchev–Trinajstić information content (AvgIpc) is 3.16. The molecule has 0 N–H and O–H groups in total. The fourth-order valence-electron chi connectivity index (χ4n) is 7.04. The number of rotatable bonds is 10. The van der Waals surface area contributed by atoms with E-state index in [4.69, 9.17) is 8.85 Å². The Bertz CT molecular complexity index is 2000. The van der Waals surface area contributed by atoms with Crippen molar-refractivity contribution in [3.8, 4) is 11.5 Å². The summed E-state index contributed by atoms with van der Waals surface area (Å²) in [6.07, 6.45) is 0. The molecule has 0 atom stereocenters. The topological polar surface area (TPSA) is 52.6 Å². The summed E-state index contributed by atoms with van der Waals surface area (Å²) in [5.74, 6) is 0.403. The summed E-state index contributed by atoms with van der Waals surface area (Å²) >= 11 is 0. The average molecular weight is 661 g/mol. The minimum atomic E-state index is -3.07. The number of ketones is 2. The van der Waals surface area contributed by atoms with E-state index < -0.39 is 16.6 Å². The van der Waals surface area contributed by atoms with Gasteiger partial charge in [0.05, 0.1) is 5.56 Å². The molecule has 0 heterocycles. The van der Waals surface area contributed by atoms with E-state index in [0.29, 0.717) is 34.2 Å². The summed E-state index contributed by atoms with van der Waals surface area (Å²) in [5, 5.41) is 4.37.